The Morgan fingerprint density at radius 3 is 2.75 bits per heavy atom. The van der Waals surface area contributed by atoms with E-state index in [2.05, 4.69) is 15.3 Å². The van der Waals surface area contributed by atoms with Crippen molar-refractivity contribution in [1.82, 2.24) is 9.97 Å². The number of benzene rings is 1. The van der Waals surface area contributed by atoms with Gasteiger partial charge in [-0.3, -0.25) is 14.6 Å². The molecule has 0 spiro atoms. The number of carbonyl (C=O) groups excluding carboxylic acids is 2. The highest BCUT2D eigenvalue weighted by Crippen LogP contribution is 2.33. The maximum atomic E-state index is 12.2. The molecule has 0 aliphatic carbocycles. The molecule has 7 heteroatoms. The Hall–Kier alpha value is -2.96. The van der Waals surface area contributed by atoms with E-state index in [0.29, 0.717) is 30.1 Å². The lowest BCUT2D eigenvalue weighted by atomic mass is 10.2. The van der Waals surface area contributed by atoms with Crippen LogP contribution < -0.4 is 15.0 Å². The number of methoxy groups -OCH3 is 1. The first-order chi connectivity index (χ1) is 11.6. The Morgan fingerprint density at radius 2 is 2.12 bits per heavy atom. The Kier molecular flexibility index (Phi) is 4.41. The quantitative estimate of drug-likeness (QED) is 0.931. The van der Waals surface area contributed by atoms with Crippen molar-refractivity contribution in [3.63, 3.8) is 0 Å². The lowest BCUT2D eigenvalue weighted by Gasteiger charge is -2.19. The number of hydrogen-bond acceptors (Lipinski definition) is 5. The number of amides is 2. The van der Waals surface area contributed by atoms with E-state index >= 15 is 0 Å². The first-order valence-corrected chi connectivity index (χ1v) is 7.67. The minimum absolute atomic E-state index is 0.0833. The topological polar surface area (TPSA) is 84.4 Å². The molecule has 1 aliphatic heterocycles. The van der Waals surface area contributed by atoms with Gasteiger partial charge in [-0.1, -0.05) is 0 Å². The third-order valence-corrected chi connectivity index (χ3v) is 3.82. The summed E-state index contributed by atoms with van der Waals surface area (Å²) in [6, 6.07) is 5.21. The van der Waals surface area contributed by atoms with Crippen molar-refractivity contribution in [3.05, 3.63) is 42.0 Å². The first kappa shape index (κ1) is 15.9. The van der Waals surface area contributed by atoms with Gasteiger partial charge in [-0.2, -0.15) is 0 Å². The van der Waals surface area contributed by atoms with E-state index < -0.39 is 0 Å². The van der Waals surface area contributed by atoms with Gasteiger partial charge in [0.1, 0.15) is 11.4 Å². The number of nitrogens with zero attached hydrogens (tertiary/aromatic N) is 3. The molecule has 0 radical (unpaired) electrons. The van der Waals surface area contributed by atoms with Crippen LogP contribution >= 0.6 is 0 Å². The summed E-state index contributed by atoms with van der Waals surface area (Å²) < 4.78 is 5.38. The molecule has 2 aromatic rings. The molecule has 0 saturated carbocycles. The van der Waals surface area contributed by atoms with Crippen LogP contribution in [-0.2, 0) is 4.79 Å². The molecule has 3 rings (SSSR count). The predicted molar refractivity (Wildman–Crippen MR) is 89.3 cm³/mol. The summed E-state index contributed by atoms with van der Waals surface area (Å²) in [6.45, 7) is 2.48. The average Bonchev–Trinajstić information content (AvgIpc) is 3.01. The zero-order valence-corrected chi connectivity index (χ0v) is 13.6. The van der Waals surface area contributed by atoms with Crippen LogP contribution in [0.3, 0.4) is 0 Å². The lowest BCUT2D eigenvalue weighted by molar-refractivity contribution is -0.117. The van der Waals surface area contributed by atoms with Crippen molar-refractivity contribution in [1.29, 1.82) is 0 Å². The van der Waals surface area contributed by atoms with E-state index in [1.54, 1.807) is 30.0 Å². The summed E-state index contributed by atoms with van der Waals surface area (Å²) in [5.74, 6) is 0.271. The molecule has 24 heavy (non-hydrogen) atoms. The molecule has 1 saturated heterocycles. The molecule has 0 bridgehead atoms. The van der Waals surface area contributed by atoms with Crippen molar-refractivity contribution < 1.29 is 14.3 Å². The van der Waals surface area contributed by atoms with Crippen molar-refractivity contribution in [2.75, 3.05) is 23.9 Å². The van der Waals surface area contributed by atoms with E-state index in [1.807, 2.05) is 0 Å². The van der Waals surface area contributed by atoms with E-state index in [9.17, 15) is 9.59 Å². The fourth-order valence-electron chi connectivity index (χ4n) is 2.59. The molecular weight excluding hydrogens is 308 g/mol. The first-order valence-electron chi connectivity index (χ1n) is 7.67. The molecule has 124 valence electrons. The van der Waals surface area contributed by atoms with Crippen molar-refractivity contribution in [2.45, 2.75) is 19.8 Å². The van der Waals surface area contributed by atoms with Gasteiger partial charge in [-0.25, -0.2) is 4.98 Å². The molecule has 1 fully saturated rings. The number of ether oxygens (including phenoxy) is 1. The van der Waals surface area contributed by atoms with Gasteiger partial charge >= 0.3 is 0 Å². The number of nitrogens with one attached hydrogen (secondary N) is 1. The van der Waals surface area contributed by atoms with Crippen LogP contribution in [0.4, 0.5) is 11.4 Å². The van der Waals surface area contributed by atoms with Crippen LogP contribution in [0.2, 0.25) is 0 Å². The Labute approximate surface area is 139 Å². The minimum Gasteiger partial charge on any atom is -0.494 e. The highest BCUT2D eigenvalue weighted by molar-refractivity contribution is 6.03. The normalized spacial score (nSPS) is 13.9. The second-order valence-electron chi connectivity index (χ2n) is 5.53. The van der Waals surface area contributed by atoms with Gasteiger partial charge in [-0.05, 0) is 25.5 Å². The molecule has 1 aromatic heterocycles. The minimum atomic E-state index is -0.352. The maximum Gasteiger partial charge on any atom is 0.275 e. The van der Waals surface area contributed by atoms with E-state index in [4.69, 9.17) is 4.74 Å². The number of anilines is 2. The van der Waals surface area contributed by atoms with Crippen LogP contribution in [0.25, 0.3) is 0 Å². The number of hydrogen-bond donors (Lipinski definition) is 1. The monoisotopic (exact) mass is 326 g/mol. The Morgan fingerprint density at radius 1 is 1.29 bits per heavy atom. The summed E-state index contributed by atoms with van der Waals surface area (Å²) in [5, 5.41) is 2.76. The van der Waals surface area contributed by atoms with Crippen LogP contribution in [0.5, 0.6) is 5.75 Å². The summed E-state index contributed by atoms with van der Waals surface area (Å²) >= 11 is 0. The second kappa shape index (κ2) is 6.66. The average molecular weight is 326 g/mol. The van der Waals surface area contributed by atoms with E-state index in [-0.39, 0.29) is 17.5 Å². The Balaban J connectivity index is 1.80. The number of aryl methyl sites for hydroxylation is 1. The van der Waals surface area contributed by atoms with Crippen molar-refractivity contribution in [3.8, 4) is 5.75 Å². The highest BCUT2D eigenvalue weighted by Gasteiger charge is 2.24. The fourth-order valence-corrected chi connectivity index (χ4v) is 2.59. The number of aromatic nitrogens is 2. The second-order valence-corrected chi connectivity index (χ2v) is 5.53. The van der Waals surface area contributed by atoms with Gasteiger partial charge in [0.15, 0.2) is 0 Å². The molecule has 2 heterocycles. The van der Waals surface area contributed by atoms with Gasteiger partial charge in [-0.15, -0.1) is 0 Å². The van der Waals surface area contributed by atoms with Gasteiger partial charge in [0.2, 0.25) is 5.91 Å². The maximum absolute atomic E-state index is 12.2. The zero-order valence-electron chi connectivity index (χ0n) is 13.6. The predicted octanol–water partition coefficient (Wildman–Crippen LogP) is 2.17. The summed E-state index contributed by atoms with van der Waals surface area (Å²) in [4.78, 5) is 33.9. The summed E-state index contributed by atoms with van der Waals surface area (Å²) in [5.41, 5.74) is 2.26. The number of carbonyl (C=O) groups is 2. The molecule has 0 atom stereocenters. The smallest absolute Gasteiger partial charge is 0.275 e. The van der Waals surface area contributed by atoms with Crippen LogP contribution in [0.15, 0.2) is 30.6 Å². The van der Waals surface area contributed by atoms with Crippen molar-refractivity contribution in [2.24, 2.45) is 0 Å². The Bertz CT molecular complexity index is 774. The molecule has 0 unspecified atom stereocenters. The van der Waals surface area contributed by atoms with E-state index in [0.717, 1.165) is 12.1 Å². The SMILES string of the molecule is COc1cc(NC(=O)c2cnc(C)cn2)ccc1N1CCCC1=O. The molecule has 2 amide bonds. The standard InChI is InChI=1S/C17H18N4O3/c1-11-9-19-13(10-18-11)17(23)20-12-5-6-14(15(8-12)24-2)21-7-3-4-16(21)22/h5-6,8-10H,3-4,7H2,1-2H3,(H,20,23). The largest absolute Gasteiger partial charge is 0.494 e. The molecular formula is C17H18N4O3. The fraction of sp³-hybridized carbons (Fsp3) is 0.294. The van der Waals surface area contributed by atoms with Gasteiger partial charge in [0, 0.05) is 30.9 Å². The van der Waals surface area contributed by atoms with Crippen LogP contribution in [0.1, 0.15) is 29.0 Å². The van der Waals surface area contributed by atoms with Gasteiger partial charge in [0.25, 0.3) is 5.91 Å². The molecule has 1 aliphatic rings. The molecule has 1 N–H and O–H groups in total. The third-order valence-electron chi connectivity index (χ3n) is 3.82. The molecule has 7 nitrogen and oxygen atoms in total. The zero-order chi connectivity index (χ0) is 17.1. The molecule has 1 aromatic carbocycles. The highest BCUT2D eigenvalue weighted by atomic mass is 16.5. The summed E-state index contributed by atoms with van der Waals surface area (Å²) in [7, 11) is 1.54. The lowest BCUT2D eigenvalue weighted by Crippen LogP contribution is -2.24. The van der Waals surface area contributed by atoms with Crippen LogP contribution in [0, 0.1) is 6.92 Å². The van der Waals surface area contributed by atoms with Gasteiger partial charge < -0.3 is 15.0 Å². The van der Waals surface area contributed by atoms with Gasteiger partial charge in [0.05, 0.1) is 24.7 Å². The third kappa shape index (κ3) is 3.19. The van der Waals surface area contributed by atoms with E-state index in [1.165, 1.54) is 19.5 Å². The van der Waals surface area contributed by atoms with Crippen LogP contribution in [-0.4, -0.2) is 35.4 Å². The summed E-state index contributed by atoms with van der Waals surface area (Å²) in [6.07, 6.45) is 4.36. The number of rotatable bonds is 4. The van der Waals surface area contributed by atoms with Crippen molar-refractivity contribution >= 4 is 23.2 Å².